The SMILES string of the molecule is NC(=O)c1ccc(-n2cccc2)nc1CC1CCN(CC2COc3ccc(Cl)cc3O2)CC1. The summed E-state index contributed by atoms with van der Waals surface area (Å²) in [6.45, 7) is 3.28. The van der Waals surface area contributed by atoms with E-state index in [4.69, 9.17) is 31.8 Å². The van der Waals surface area contributed by atoms with Crippen molar-refractivity contribution in [2.75, 3.05) is 26.2 Å². The Kier molecular flexibility index (Phi) is 6.24. The summed E-state index contributed by atoms with van der Waals surface area (Å²) in [6.07, 6.45) is 6.67. The van der Waals surface area contributed by atoms with Crippen molar-refractivity contribution >= 4 is 17.5 Å². The van der Waals surface area contributed by atoms with E-state index in [1.165, 1.54) is 0 Å². The first kappa shape index (κ1) is 21.8. The van der Waals surface area contributed by atoms with Gasteiger partial charge in [-0.15, -0.1) is 0 Å². The molecule has 1 aromatic carbocycles. The van der Waals surface area contributed by atoms with E-state index in [-0.39, 0.29) is 6.10 Å². The first-order valence-electron chi connectivity index (χ1n) is 11.3. The van der Waals surface area contributed by atoms with Crippen LogP contribution in [0.25, 0.3) is 5.82 Å². The van der Waals surface area contributed by atoms with Crippen molar-refractivity contribution in [2.45, 2.75) is 25.4 Å². The molecule has 0 saturated carbocycles. The predicted molar refractivity (Wildman–Crippen MR) is 126 cm³/mol. The van der Waals surface area contributed by atoms with Crippen LogP contribution in [-0.2, 0) is 6.42 Å². The minimum absolute atomic E-state index is 0.0195. The molecule has 0 spiro atoms. The minimum atomic E-state index is -0.427. The lowest BCUT2D eigenvalue weighted by molar-refractivity contribution is 0.0477. The van der Waals surface area contributed by atoms with E-state index in [1.54, 1.807) is 12.1 Å². The first-order valence-corrected chi connectivity index (χ1v) is 11.7. The van der Waals surface area contributed by atoms with E-state index < -0.39 is 5.91 Å². The minimum Gasteiger partial charge on any atom is -0.486 e. The van der Waals surface area contributed by atoms with Crippen molar-refractivity contribution in [3.63, 3.8) is 0 Å². The molecule has 172 valence electrons. The number of fused-ring (bicyclic) bond motifs is 1. The molecule has 0 radical (unpaired) electrons. The number of ether oxygens (including phenoxy) is 2. The number of hydrogen-bond donors (Lipinski definition) is 1. The molecule has 1 unspecified atom stereocenters. The molecule has 7 nitrogen and oxygen atoms in total. The Bertz CT molecular complexity index is 1130. The van der Waals surface area contributed by atoms with Gasteiger partial charge in [-0.2, -0.15) is 0 Å². The quantitative estimate of drug-likeness (QED) is 0.598. The van der Waals surface area contributed by atoms with E-state index in [0.29, 0.717) is 28.9 Å². The maximum Gasteiger partial charge on any atom is 0.250 e. The van der Waals surface area contributed by atoms with Crippen LogP contribution in [0.1, 0.15) is 28.9 Å². The van der Waals surface area contributed by atoms with Crippen molar-refractivity contribution in [2.24, 2.45) is 11.7 Å². The number of carbonyl (C=O) groups excluding carboxylic acids is 1. The molecule has 5 rings (SSSR count). The zero-order chi connectivity index (χ0) is 22.8. The topological polar surface area (TPSA) is 82.6 Å². The zero-order valence-electron chi connectivity index (χ0n) is 18.3. The maximum absolute atomic E-state index is 12.0. The van der Waals surface area contributed by atoms with Crippen molar-refractivity contribution < 1.29 is 14.3 Å². The van der Waals surface area contributed by atoms with Crippen LogP contribution in [0.2, 0.25) is 5.02 Å². The normalized spacial score (nSPS) is 18.9. The molecule has 2 aromatic heterocycles. The molecule has 1 amide bonds. The molecular formula is C25H27ClN4O3. The molecule has 33 heavy (non-hydrogen) atoms. The first-order chi connectivity index (χ1) is 16.0. The van der Waals surface area contributed by atoms with Crippen molar-refractivity contribution in [1.82, 2.24) is 14.5 Å². The van der Waals surface area contributed by atoms with Crippen LogP contribution in [0.5, 0.6) is 11.5 Å². The highest BCUT2D eigenvalue weighted by molar-refractivity contribution is 6.30. The second kappa shape index (κ2) is 9.45. The Labute approximate surface area is 198 Å². The summed E-state index contributed by atoms with van der Waals surface area (Å²) in [5.41, 5.74) is 6.92. The molecule has 3 aromatic rings. The zero-order valence-corrected chi connectivity index (χ0v) is 19.1. The molecule has 8 heteroatoms. The van der Waals surface area contributed by atoms with Gasteiger partial charge in [0.2, 0.25) is 0 Å². The second-order valence-corrected chi connectivity index (χ2v) is 9.14. The van der Waals surface area contributed by atoms with E-state index >= 15 is 0 Å². The van der Waals surface area contributed by atoms with Crippen LogP contribution < -0.4 is 15.2 Å². The summed E-state index contributed by atoms with van der Waals surface area (Å²) in [4.78, 5) is 19.2. The Morgan fingerprint density at radius 2 is 1.91 bits per heavy atom. The molecule has 0 bridgehead atoms. The standard InChI is InChI=1S/C25H27ClN4O3/c26-18-3-5-22-23(14-18)33-19(16-32-22)15-29-11-7-17(8-12-29)13-21-20(25(27)31)4-6-24(28-21)30-9-1-2-10-30/h1-6,9-10,14,17,19H,7-8,11-13,15-16H2,(H2,27,31). The smallest absolute Gasteiger partial charge is 0.250 e. The molecule has 4 heterocycles. The number of benzene rings is 1. The van der Waals surface area contributed by atoms with Gasteiger partial charge < -0.3 is 19.8 Å². The van der Waals surface area contributed by atoms with E-state index in [2.05, 4.69) is 4.90 Å². The third-order valence-electron chi connectivity index (χ3n) is 6.37. The van der Waals surface area contributed by atoms with Gasteiger partial charge in [-0.25, -0.2) is 4.98 Å². The number of nitrogens with zero attached hydrogens (tertiary/aromatic N) is 3. The molecule has 2 N–H and O–H groups in total. The van der Waals surface area contributed by atoms with Gasteiger partial charge in [0.25, 0.3) is 5.91 Å². The number of nitrogens with two attached hydrogens (primary N) is 1. The average Bonchev–Trinajstić information content (AvgIpc) is 3.35. The Morgan fingerprint density at radius 1 is 1.12 bits per heavy atom. The lowest BCUT2D eigenvalue weighted by Gasteiger charge is -2.35. The number of amides is 1. The summed E-state index contributed by atoms with van der Waals surface area (Å²) in [5, 5.41) is 0.642. The van der Waals surface area contributed by atoms with E-state index in [0.717, 1.165) is 56.2 Å². The van der Waals surface area contributed by atoms with Gasteiger partial charge in [0.1, 0.15) is 18.5 Å². The van der Waals surface area contributed by atoms with Gasteiger partial charge >= 0.3 is 0 Å². The highest BCUT2D eigenvalue weighted by Gasteiger charge is 2.27. The van der Waals surface area contributed by atoms with Crippen molar-refractivity contribution in [3.05, 3.63) is 71.1 Å². The summed E-state index contributed by atoms with van der Waals surface area (Å²) < 4.78 is 13.9. The maximum atomic E-state index is 12.0. The van der Waals surface area contributed by atoms with Crippen molar-refractivity contribution in [1.29, 1.82) is 0 Å². The number of piperidine rings is 1. The molecule has 2 aliphatic rings. The van der Waals surface area contributed by atoms with Gasteiger partial charge in [0.15, 0.2) is 11.5 Å². The second-order valence-electron chi connectivity index (χ2n) is 8.71. The lowest BCUT2D eigenvalue weighted by Crippen LogP contribution is -2.44. The molecular weight excluding hydrogens is 440 g/mol. The number of hydrogen-bond acceptors (Lipinski definition) is 5. The predicted octanol–water partition coefficient (Wildman–Crippen LogP) is 3.72. The third-order valence-corrected chi connectivity index (χ3v) is 6.60. The Balaban J connectivity index is 1.19. The van der Waals surface area contributed by atoms with Gasteiger partial charge in [-0.1, -0.05) is 11.6 Å². The number of halogens is 1. The lowest BCUT2D eigenvalue weighted by atomic mass is 9.90. The van der Waals surface area contributed by atoms with Gasteiger partial charge in [0.05, 0.1) is 11.3 Å². The highest BCUT2D eigenvalue weighted by atomic mass is 35.5. The number of rotatable bonds is 6. The number of carbonyl (C=O) groups is 1. The fraction of sp³-hybridized carbons (Fsp3) is 0.360. The van der Waals surface area contributed by atoms with E-state index in [9.17, 15) is 4.79 Å². The van der Waals surface area contributed by atoms with Gasteiger partial charge in [-0.05, 0) is 74.7 Å². The van der Waals surface area contributed by atoms with Gasteiger partial charge in [-0.3, -0.25) is 9.69 Å². The Morgan fingerprint density at radius 3 is 2.67 bits per heavy atom. The summed E-state index contributed by atoms with van der Waals surface area (Å²) in [5.74, 6) is 2.28. The molecule has 1 fully saturated rings. The molecule has 2 aliphatic heterocycles. The van der Waals surface area contributed by atoms with Crippen LogP contribution in [0.3, 0.4) is 0 Å². The van der Waals surface area contributed by atoms with Crippen LogP contribution in [-0.4, -0.2) is 52.7 Å². The van der Waals surface area contributed by atoms with Gasteiger partial charge in [0, 0.05) is 30.0 Å². The number of primary amides is 1. The fourth-order valence-corrected chi connectivity index (χ4v) is 4.78. The third kappa shape index (κ3) is 4.99. The van der Waals surface area contributed by atoms with Crippen LogP contribution in [0, 0.1) is 5.92 Å². The number of likely N-dealkylation sites (tertiary alicyclic amines) is 1. The van der Waals surface area contributed by atoms with E-state index in [1.807, 2.05) is 47.3 Å². The van der Waals surface area contributed by atoms with Crippen molar-refractivity contribution in [3.8, 4) is 17.3 Å². The highest BCUT2D eigenvalue weighted by Crippen LogP contribution is 2.34. The Hall–Kier alpha value is -3.03. The molecule has 1 saturated heterocycles. The van der Waals surface area contributed by atoms with Crippen LogP contribution in [0.15, 0.2) is 54.9 Å². The van der Waals surface area contributed by atoms with Crippen LogP contribution in [0.4, 0.5) is 0 Å². The number of aromatic nitrogens is 2. The fourth-order valence-electron chi connectivity index (χ4n) is 4.61. The average molecular weight is 467 g/mol. The summed E-state index contributed by atoms with van der Waals surface area (Å²) >= 11 is 6.09. The summed E-state index contributed by atoms with van der Waals surface area (Å²) in [7, 11) is 0. The monoisotopic (exact) mass is 466 g/mol. The molecule has 0 aliphatic carbocycles. The summed E-state index contributed by atoms with van der Waals surface area (Å²) in [6, 6.07) is 13.0. The molecule has 1 atom stereocenters. The number of pyridine rings is 1. The largest absolute Gasteiger partial charge is 0.486 e. The van der Waals surface area contributed by atoms with Crippen LogP contribution >= 0.6 is 11.6 Å².